The molecule has 5 heteroatoms. The van der Waals surface area contributed by atoms with Crippen molar-refractivity contribution in [3.8, 4) is 0 Å². The van der Waals surface area contributed by atoms with Gasteiger partial charge in [-0.3, -0.25) is 9.59 Å². The highest BCUT2D eigenvalue weighted by molar-refractivity contribution is 7.21. The van der Waals surface area contributed by atoms with Gasteiger partial charge in [-0.25, -0.2) is 0 Å². The molecule has 130 valence electrons. The van der Waals surface area contributed by atoms with Gasteiger partial charge in [0.2, 0.25) is 0 Å². The summed E-state index contributed by atoms with van der Waals surface area (Å²) in [7, 11) is 0. The molecule has 1 amide bonds. The zero-order valence-electron chi connectivity index (χ0n) is 14.8. The second-order valence-electron chi connectivity index (χ2n) is 7.51. The van der Waals surface area contributed by atoms with Crippen LogP contribution in [0.4, 0.5) is 0 Å². The van der Waals surface area contributed by atoms with Crippen LogP contribution in [0.5, 0.6) is 0 Å². The zero-order chi connectivity index (χ0) is 17.7. The zero-order valence-corrected chi connectivity index (χ0v) is 15.6. The van der Waals surface area contributed by atoms with Crippen LogP contribution in [0.2, 0.25) is 0 Å². The van der Waals surface area contributed by atoms with E-state index in [2.05, 4.69) is 24.9 Å². The van der Waals surface area contributed by atoms with Crippen molar-refractivity contribution in [2.45, 2.75) is 27.2 Å². The number of aryl methyl sites for hydroxylation is 1. The van der Waals surface area contributed by atoms with Gasteiger partial charge in [-0.05, 0) is 43.4 Å². The first-order chi connectivity index (χ1) is 11.9. The molecule has 4 nitrogen and oxygen atoms in total. The number of hydrogen-bond acceptors (Lipinski definition) is 3. The average Bonchev–Trinajstić information content (AvgIpc) is 3.00. The molecule has 2 aromatic heterocycles. The Morgan fingerprint density at radius 2 is 1.88 bits per heavy atom. The molecule has 0 radical (unpaired) electrons. The lowest BCUT2D eigenvalue weighted by molar-refractivity contribution is 0.0628. The predicted octanol–water partition coefficient (Wildman–Crippen LogP) is 4.17. The van der Waals surface area contributed by atoms with Crippen LogP contribution in [-0.2, 0) is 0 Å². The molecule has 0 bridgehead atoms. The van der Waals surface area contributed by atoms with Crippen LogP contribution in [0.15, 0.2) is 29.1 Å². The number of fused-ring (bicyclic) bond motifs is 3. The number of amides is 1. The second-order valence-corrected chi connectivity index (χ2v) is 8.56. The first kappa shape index (κ1) is 16.3. The van der Waals surface area contributed by atoms with Crippen molar-refractivity contribution in [3.05, 3.63) is 45.1 Å². The summed E-state index contributed by atoms with van der Waals surface area (Å²) in [5.74, 6) is 1.10. The van der Waals surface area contributed by atoms with Crippen molar-refractivity contribution in [3.63, 3.8) is 0 Å². The van der Waals surface area contributed by atoms with Gasteiger partial charge in [0.15, 0.2) is 0 Å². The van der Waals surface area contributed by atoms with E-state index in [9.17, 15) is 9.59 Å². The Kier molecular flexibility index (Phi) is 3.91. The van der Waals surface area contributed by atoms with Gasteiger partial charge in [0.05, 0.1) is 10.3 Å². The number of nitrogens with one attached hydrogen (secondary N) is 1. The highest BCUT2D eigenvalue weighted by Crippen LogP contribution is 2.32. The maximum atomic E-state index is 13.0. The van der Waals surface area contributed by atoms with Gasteiger partial charge >= 0.3 is 0 Å². The van der Waals surface area contributed by atoms with Crippen LogP contribution in [0.25, 0.3) is 21.0 Å². The number of nitrogens with zero attached hydrogens (tertiary/aromatic N) is 1. The minimum absolute atomic E-state index is 0.0554. The first-order valence-corrected chi connectivity index (χ1v) is 9.59. The predicted molar refractivity (Wildman–Crippen MR) is 104 cm³/mol. The molecule has 3 aromatic rings. The topological polar surface area (TPSA) is 53.2 Å². The van der Waals surface area contributed by atoms with Crippen LogP contribution in [0.3, 0.4) is 0 Å². The first-order valence-electron chi connectivity index (χ1n) is 8.78. The molecule has 1 aliphatic rings. The van der Waals surface area contributed by atoms with Gasteiger partial charge in [-0.1, -0.05) is 25.5 Å². The highest BCUT2D eigenvalue weighted by atomic mass is 32.1. The Morgan fingerprint density at radius 3 is 2.60 bits per heavy atom. The number of carbonyl (C=O) groups is 1. The molecule has 1 aromatic carbocycles. The Morgan fingerprint density at radius 1 is 1.16 bits per heavy atom. The molecule has 0 aliphatic carbocycles. The molecular formula is C20H22N2O2S. The number of H-pyrrole nitrogens is 1. The van der Waals surface area contributed by atoms with E-state index >= 15 is 0 Å². The lowest BCUT2D eigenvalue weighted by Gasteiger charge is -2.34. The Balaban J connectivity index is 1.82. The number of piperidine rings is 1. The maximum absolute atomic E-state index is 13.0. The third-order valence-corrected chi connectivity index (χ3v) is 6.17. The molecule has 2 atom stereocenters. The Labute approximate surface area is 150 Å². The number of aromatic amines is 1. The molecular weight excluding hydrogens is 332 g/mol. The Hall–Kier alpha value is -2.14. The lowest BCUT2D eigenvalue weighted by atomic mass is 9.92. The average molecular weight is 354 g/mol. The number of benzene rings is 1. The summed E-state index contributed by atoms with van der Waals surface area (Å²) in [5.41, 5.74) is 1.84. The van der Waals surface area contributed by atoms with E-state index in [1.54, 1.807) is 6.07 Å². The summed E-state index contributed by atoms with van der Waals surface area (Å²) >= 11 is 1.44. The van der Waals surface area contributed by atoms with Crippen LogP contribution in [-0.4, -0.2) is 28.9 Å². The molecule has 1 fully saturated rings. The molecule has 1 saturated heterocycles. The van der Waals surface area contributed by atoms with Crippen LogP contribution in [0, 0.1) is 18.8 Å². The van der Waals surface area contributed by atoms with Gasteiger partial charge in [0, 0.05) is 28.7 Å². The number of aromatic nitrogens is 1. The van der Waals surface area contributed by atoms with Gasteiger partial charge in [-0.15, -0.1) is 11.3 Å². The van der Waals surface area contributed by atoms with E-state index in [-0.39, 0.29) is 11.5 Å². The van der Waals surface area contributed by atoms with Crippen LogP contribution < -0.4 is 5.56 Å². The fraction of sp³-hybridized carbons (Fsp3) is 0.400. The number of rotatable bonds is 1. The van der Waals surface area contributed by atoms with Crippen molar-refractivity contribution in [1.29, 1.82) is 0 Å². The largest absolute Gasteiger partial charge is 0.337 e. The van der Waals surface area contributed by atoms with Gasteiger partial charge < -0.3 is 9.88 Å². The summed E-state index contributed by atoms with van der Waals surface area (Å²) in [5, 5.41) is 1.63. The van der Waals surface area contributed by atoms with E-state index in [1.165, 1.54) is 17.8 Å². The fourth-order valence-corrected chi connectivity index (χ4v) is 5.15. The van der Waals surface area contributed by atoms with Crippen molar-refractivity contribution < 1.29 is 4.79 Å². The fourth-order valence-electron chi connectivity index (χ4n) is 3.99. The molecule has 0 saturated carbocycles. The summed E-state index contributed by atoms with van der Waals surface area (Å²) in [6.45, 7) is 8.03. The number of hydrogen-bond donors (Lipinski definition) is 1. The second kappa shape index (κ2) is 5.99. The van der Waals surface area contributed by atoms with Crippen molar-refractivity contribution in [2.24, 2.45) is 11.8 Å². The van der Waals surface area contributed by atoms with Gasteiger partial charge in [0.25, 0.3) is 11.5 Å². The number of thiophene rings is 1. The molecule has 0 unspecified atom stereocenters. The molecule has 3 heterocycles. The summed E-state index contributed by atoms with van der Waals surface area (Å²) < 4.78 is 0.906. The molecule has 0 spiro atoms. The number of carbonyl (C=O) groups excluding carboxylic acids is 1. The summed E-state index contributed by atoms with van der Waals surface area (Å²) in [6, 6.07) is 7.76. The van der Waals surface area contributed by atoms with E-state index in [1.807, 2.05) is 24.0 Å². The van der Waals surface area contributed by atoms with Crippen LogP contribution in [0.1, 0.15) is 35.5 Å². The normalized spacial score (nSPS) is 21.2. The molecule has 1 aliphatic heterocycles. The Bertz CT molecular complexity index is 1020. The van der Waals surface area contributed by atoms with E-state index in [0.717, 1.165) is 34.3 Å². The van der Waals surface area contributed by atoms with Crippen molar-refractivity contribution in [1.82, 2.24) is 9.88 Å². The smallest absolute Gasteiger partial charge is 0.263 e. The third-order valence-electron chi connectivity index (χ3n) is 5.01. The van der Waals surface area contributed by atoms with Gasteiger partial charge in [-0.2, -0.15) is 0 Å². The van der Waals surface area contributed by atoms with E-state index in [4.69, 9.17) is 0 Å². The third kappa shape index (κ3) is 2.86. The van der Waals surface area contributed by atoms with Crippen LogP contribution >= 0.6 is 11.3 Å². The van der Waals surface area contributed by atoms with E-state index in [0.29, 0.717) is 22.1 Å². The number of likely N-dealkylation sites (tertiary alicyclic amines) is 1. The minimum atomic E-state index is -0.123. The quantitative estimate of drug-likeness (QED) is 0.713. The standard InChI is InChI=1S/C20H22N2O2S/c1-11-4-5-16-14(7-11)18-15(19(23)21-16)8-17(25-18)20(24)22-9-12(2)6-13(3)10-22/h4-5,7-8,12-13H,6,9-10H2,1-3H3,(H,21,23)/t12-,13+. The molecule has 1 N–H and O–H groups in total. The van der Waals surface area contributed by atoms with Crippen molar-refractivity contribution in [2.75, 3.05) is 13.1 Å². The SMILES string of the molecule is Cc1ccc2[nH]c(=O)c3cc(C(=O)N4C[C@H](C)C[C@H](C)C4)sc3c2c1. The summed E-state index contributed by atoms with van der Waals surface area (Å²) in [4.78, 5) is 31.0. The molecule has 4 rings (SSSR count). The number of pyridine rings is 1. The monoisotopic (exact) mass is 354 g/mol. The van der Waals surface area contributed by atoms with Gasteiger partial charge in [0.1, 0.15) is 0 Å². The van der Waals surface area contributed by atoms with E-state index < -0.39 is 0 Å². The highest BCUT2D eigenvalue weighted by Gasteiger charge is 2.27. The lowest BCUT2D eigenvalue weighted by Crippen LogP contribution is -2.42. The van der Waals surface area contributed by atoms with Crippen molar-refractivity contribution >= 4 is 38.2 Å². The summed E-state index contributed by atoms with van der Waals surface area (Å²) in [6.07, 6.45) is 1.17. The maximum Gasteiger partial charge on any atom is 0.263 e. The minimum Gasteiger partial charge on any atom is -0.337 e. The molecule has 25 heavy (non-hydrogen) atoms.